The number of amides is 4. The van der Waals surface area contributed by atoms with Gasteiger partial charge in [0.1, 0.15) is 5.57 Å². The Morgan fingerprint density at radius 1 is 0.938 bits per heavy atom. The van der Waals surface area contributed by atoms with Crippen LogP contribution in [-0.4, -0.2) is 30.4 Å². The van der Waals surface area contributed by atoms with Crippen molar-refractivity contribution in [2.75, 3.05) is 16.8 Å². The van der Waals surface area contributed by atoms with Crippen LogP contribution in [0.25, 0.3) is 11.6 Å². The first kappa shape index (κ1) is 21.6. The number of carbonyl (C=O) groups excluding carboxylic acids is 3. The number of fused-ring (bicyclic) bond motifs is 1. The Morgan fingerprint density at radius 3 is 2.34 bits per heavy atom. The number of anilines is 2. The average Bonchev–Trinajstić information content (AvgIpc) is 2.71. The largest absolute Gasteiger partial charge is 0.366 e. The van der Waals surface area contributed by atoms with Crippen molar-refractivity contribution in [1.82, 2.24) is 5.32 Å². The lowest BCUT2D eigenvalue weighted by atomic mass is 9.88. The lowest BCUT2D eigenvalue weighted by molar-refractivity contribution is -0.122. The highest BCUT2D eigenvalue weighted by molar-refractivity contribution is 6.39. The van der Waals surface area contributed by atoms with Crippen molar-refractivity contribution in [2.24, 2.45) is 0 Å². The maximum Gasteiger partial charge on any atom is 0.335 e. The van der Waals surface area contributed by atoms with Crippen LogP contribution in [0, 0.1) is 13.8 Å². The van der Waals surface area contributed by atoms with E-state index in [0.717, 1.165) is 38.4 Å². The molecule has 32 heavy (non-hydrogen) atoms. The van der Waals surface area contributed by atoms with Gasteiger partial charge in [0.05, 0.1) is 11.2 Å². The van der Waals surface area contributed by atoms with E-state index in [0.29, 0.717) is 5.69 Å². The van der Waals surface area contributed by atoms with Crippen LogP contribution in [-0.2, 0) is 9.59 Å². The molecule has 0 aromatic heterocycles. The molecule has 0 aliphatic carbocycles. The molecule has 0 spiro atoms. The summed E-state index contributed by atoms with van der Waals surface area (Å²) in [5, 5.41) is 2.29. The molecule has 1 N–H and O–H groups in total. The Labute approximate surface area is 188 Å². The van der Waals surface area contributed by atoms with Crippen molar-refractivity contribution in [3.8, 4) is 0 Å². The Morgan fingerprint density at radius 2 is 1.66 bits per heavy atom. The predicted molar refractivity (Wildman–Crippen MR) is 127 cm³/mol. The van der Waals surface area contributed by atoms with Gasteiger partial charge in [-0.1, -0.05) is 18.2 Å². The zero-order valence-corrected chi connectivity index (χ0v) is 19.2. The normalized spacial score (nSPS) is 19.1. The molecule has 6 nitrogen and oxygen atoms in total. The highest BCUT2D eigenvalue weighted by atomic mass is 16.2. The number of likely N-dealkylation sites (N-methyl/N-ethyl adjacent to an activating group) is 1. The van der Waals surface area contributed by atoms with Crippen molar-refractivity contribution in [2.45, 2.75) is 40.2 Å². The third-order valence-corrected chi connectivity index (χ3v) is 6.40. The lowest BCUT2D eigenvalue weighted by Crippen LogP contribution is -2.54. The number of benzene rings is 2. The third kappa shape index (κ3) is 3.51. The summed E-state index contributed by atoms with van der Waals surface area (Å²) in [5.41, 5.74) is 6.24. The van der Waals surface area contributed by atoms with E-state index in [4.69, 9.17) is 0 Å². The number of hydrogen-bond acceptors (Lipinski definition) is 4. The van der Waals surface area contributed by atoms with Crippen LogP contribution in [0.5, 0.6) is 0 Å². The number of nitrogens with zero attached hydrogens (tertiary/aromatic N) is 2. The fourth-order valence-corrected chi connectivity index (χ4v) is 4.19. The van der Waals surface area contributed by atoms with E-state index in [1.807, 2.05) is 45.2 Å². The van der Waals surface area contributed by atoms with Gasteiger partial charge in [0.2, 0.25) is 0 Å². The number of aryl methyl sites for hydroxylation is 2. The van der Waals surface area contributed by atoms with E-state index in [-0.39, 0.29) is 11.1 Å². The first-order chi connectivity index (χ1) is 15.0. The van der Waals surface area contributed by atoms with Crippen molar-refractivity contribution >= 4 is 40.9 Å². The molecule has 2 heterocycles. The number of urea groups is 1. The van der Waals surface area contributed by atoms with Gasteiger partial charge in [-0.05, 0) is 87.2 Å². The molecule has 1 saturated heterocycles. The first-order valence-electron chi connectivity index (χ1n) is 10.6. The first-order valence-corrected chi connectivity index (χ1v) is 10.6. The smallest absolute Gasteiger partial charge is 0.335 e. The van der Waals surface area contributed by atoms with Crippen LogP contribution in [0.15, 0.2) is 48.0 Å². The highest BCUT2D eigenvalue weighted by Crippen LogP contribution is 2.38. The summed E-state index contributed by atoms with van der Waals surface area (Å²) < 4.78 is 0. The molecule has 4 rings (SSSR count). The third-order valence-electron chi connectivity index (χ3n) is 6.40. The van der Waals surface area contributed by atoms with Crippen LogP contribution < -0.4 is 15.1 Å². The van der Waals surface area contributed by atoms with E-state index < -0.39 is 17.8 Å². The zero-order valence-electron chi connectivity index (χ0n) is 19.2. The van der Waals surface area contributed by atoms with Gasteiger partial charge in [-0.3, -0.25) is 14.9 Å². The lowest BCUT2D eigenvalue weighted by Gasteiger charge is -2.40. The van der Waals surface area contributed by atoms with Crippen LogP contribution in [0.4, 0.5) is 16.2 Å². The Balaban J connectivity index is 1.74. The van der Waals surface area contributed by atoms with Crippen LogP contribution in [0.3, 0.4) is 0 Å². The molecule has 1 fully saturated rings. The molecule has 6 heteroatoms. The topological polar surface area (TPSA) is 69.7 Å². The van der Waals surface area contributed by atoms with Gasteiger partial charge < -0.3 is 4.90 Å². The van der Waals surface area contributed by atoms with Crippen LogP contribution in [0.2, 0.25) is 0 Å². The molecular weight excluding hydrogens is 402 g/mol. The minimum Gasteiger partial charge on any atom is -0.366 e. The number of rotatable bonds is 2. The predicted octanol–water partition coefficient (Wildman–Crippen LogP) is 4.60. The quantitative estimate of drug-likeness (QED) is 0.559. The molecule has 2 aliphatic heterocycles. The monoisotopic (exact) mass is 429 g/mol. The van der Waals surface area contributed by atoms with E-state index in [2.05, 4.69) is 37.1 Å². The fraction of sp³-hybridized carbons (Fsp3) is 0.269. The summed E-state index contributed by atoms with van der Waals surface area (Å²) in [6.45, 7) is 10.2. The van der Waals surface area contributed by atoms with Gasteiger partial charge in [0, 0.05) is 18.3 Å². The number of carbonyl (C=O) groups is 3. The van der Waals surface area contributed by atoms with Gasteiger partial charge in [-0.15, -0.1) is 0 Å². The molecular formula is C26H27N3O3. The number of barbiturate groups is 1. The maximum atomic E-state index is 13.2. The van der Waals surface area contributed by atoms with Gasteiger partial charge in [-0.25, -0.2) is 9.69 Å². The summed E-state index contributed by atoms with van der Waals surface area (Å²) in [5.74, 6) is -1.33. The molecule has 0 atom stereocenters. The summed E-state index contributed by atoms with van der Waals surface area (Å²) >= 11 is 0. The average molecular weight is 430 g/mol. The molecule has 2 aromatic carbocycles. The summed E-state index contributed by atoms with van der Waals surface area (Å²) in [6, 6.07) is 10.4. The highest BCUT2D eigenvalue weighted by Gasteiger charge is 2.37. The van der Waals surface area contributed by atoms with Gasteiger partial charge in [-0.2, -0.15) is 0 Å². The molecule has 164 valence electrons. The van der Waals surface area contributed by atoms with E-state index in [9.17, 15) is 14.4 Å². The Kier molecular flexibility index (Phi) is 5.04. The molecule has 0 bridgehead atoms. The van der Waals surface area contributed by atoms with Crippen molar-refractivity contribution in [3.63, 3.8) is 0 Å². The molecule has 2 aromatic rings. The molecule has 0 radical (unpaired) electrons. The van der Waals surface area contributed by atoms with Crippen LogP contribution in [0.1, 0.15) is 43.0 Å². The molecule has 4 amide bonds. The van der Waals surface area contributed by atoms with Crippen molar-refractivity contribution < 1.29 is 14.4 Å². The van der Waals surface area contributed by atoms with E-state index in [1.165, 1.54) is 0 Å². The van der Waals surface area contributed by atoms with Gasteiger partial charge in [0.15, 0.2) is 0 Å². The van der Waals surface area contributed by atoms with Crippen molar-refractivity contribution in [3.05, 3.63) is 70.3 Å². The zero-order chi connectivity index (χ0) is 23.4. The summed E-state index contributed by atoms with van der Waals surface area (Å²) in [7, 11) is 2.05. The van der Waals surface area contributed by atoms with E-state index in [1.54, 1.807) is 18.2 Å². The molecule has 2 aliphatic rings. The molecule has 0 unspecified atom stereocenters. The second-order valence-corrected chi connectivity index (χ2v) is 9.04. The van der Waals surface area contributed by atoms with Crippen LogP contribution >= 0.6 is 0 Å². The Bertz CT molecular complexity index is 1240. The maximum absolute atomic E-state index is 13.2. The van der Waals surface area contributed by atoms with Gasteiger partial charge >= 0.3 is 6.03 Å². The fourth-order valence-electron chi connectivity index (χ4n) is 4.19. The number of hydrogen-bond donors (Lipinski definition) is 1. The van der Waals surface area contributed by atoms with E-state index >= 15 is 0 Å². The number of allylic oxidation sites excluding steroid dienone is 1. The second-order valence-electron chi connectivity index (χ2n) is 9.04. The van der Waals surface area contributed by atoms with Crippen molar-refractivity contribution in [1.29, 1.82) is 0 Å². The minimum atomic E-state index is -0.742. The standard InChI is InChI=1S/C26H27N3O3/c1-15-7-9-19(11-16(15)2)29-24(31)21(23(30)27-25(29)32)13-18-8-10-22-20(12-18)17(3)14-26(4,5)28(22)6/h7-14H,1-6H3,(H,27,30,32)/b21-13-. The second kappa shape index (κ2) is 7.48. The number of nitrogens with one attached hydrogen (secondary N) is 1. The SMILES string of the molecule is CC1=CC(C)(C)N(C)c2ccc(/C=C3/C(=O)NC(=O)N(c4ccc(C)c(C)c4)C3=O)cc21. The minimum absolute atomic E-state index is 0.0751. The molecule has 0 saturated carbocycles. The Hall–Kier alpha value is -3.67. The summed E-state index contributed by atoms with van der Waals surface area (Å²) in [4.78, 5) is 41.4. The number of imide groups is 2. The van der Waals surface area contributed by atoms with Gasteiger partial charge in [0.25, 0.3) is 11.8 Å². The summed E-state index contributed by atoms with van der Waals surface area (Å²) in [6.07, 6.45) is 3.75.